The van der Waals surface area contributed by atoms with E-state index in [2.05, 4.69) is 26.0 Å². The van der Waals surface area contributed by atoms with Crippen molar-refractivity contribution < 1.29 is 31.1 Å². The predicted molar refractivity (Wildman–Crippen MR) is 170 cm³/mol. The number of amides is 1. The van der Waals surface area contributed by atoms with Crippen molar-refractivity contribution in [1.29, 1.82) is 0 Å². The number of nitrogens with zero attached hydrogens (tertiary/aromatic N) is 1. The number of hydrogen-bond acceptors (Lipinski definition) is 7. The van der Waals surface area contributed by atoms with Gasteiger partial charge in [-0.25, -0.2) is 16.8 Å². The molecule has 0 unspecified atom stereocenters. The number of ether oxygens (including phenoxy) is 2. The summed E-state index contributed by atoms with van der Waals surface area (Å²) in [7, 11) is -5.23. The summed E-state index contributed by atoms with van der Waals surface area (Å²) in [5.74, 6) is 0.195. The summed E-state index contributed by atoms with van der Waals surface area (Å²) >= 11 is 3.32. The fourth-order valence-electron chi connectivity index (χ4n) is 4.11. The fraction of sp³-hybridized carbons (Fsp3) is 0.167. The standard InChI is InChI=1S/C30H30BrN3O7S2/c1-20-5-10-23(11-6-20)34(43(38,39)25-14-16-28(40-3)26(31)18-25)19-30(35)32-22-8-12-24(13-9-22)42(36,37)33-27-17-21(2)7-15-29(27)41-4/h5-18,33H,19H2,1-4H3,(H,32,35). The fourth-order valence-corrected chi connectivity index (χ4v) is 7.32. The highest BCUT2D eigenvalue weighted by Gasteiger charge is 2.28. The van der Waals surface area contributed by atoms with Crippen LogP contribution in [0, 0.1) is 13.8 Å². The van der Waals surface area contributed by atoms with Crippen LogP contribution in [0.5, 0.6) is 11.5 Å². The molecule has 0 saturated carbocycles. The lowest BCUT2D eigenvalue weighted by molar-refractivity contribution is -0.114. The summed E-state index contributed by atoms with van der Waals surface area (Å²) in [4.78, 5) is 13.1. The third-order valence-corrected chi connectivity index (χ3v) is 10.1. The molecule has 4 aromatic rings. The molecule has 43 heavy (non-hydrogen) atoms. The molecule has 0 bridgehead atoms. The normalized spacial score (nSPS) is 11.5. The molecular weight excluding hydrogens is 658 g/mol. The largest absolute Gasteiger partial charge is 0.496 e. The van der Waals surface area contributed by atoms with Gasteiger partial charge in [-0.2, -0.15) is 0 Å². The molecule has 0 saturated heterocycles. The first kappa shape index (κ1) is 31.9. The summed E-state index contributed by atoms with van der Waals surface area (Å²) < 4.78 is 67.9. The SMILES string of the molecule is COc1ccc(S(=O)(=O)N(CC(=O)Nc2ccc(S(=O)(=O)Nc3cc(C)ccc3OC)cc2)c2ccc(C)cc2)cc1Br. The Morgan fingerprint density at radius 2 is 1.35 bits per heavy atom. The highest BCUT2D eigenvalue weighted by molar-refractivity contribution is 9.10. The van der Waals surface area contributed by atoms with E-state index in [4.69, 9.17) is 9.47 Å². The van der Waals surface area contributed by atoms with Crippen molar-refractivity contribution in [1.82, 2.24) is 0 Å². The average molecular weight is 689 g/mol. The van der Waals surface area contributed by atoms with Crippen LogP contribution in [-0.4, -0.2) is 43.5 Å². The Labute approximate surface area is 259 Å². The Morgan fingerprint density at radius 3 is 1.95 bits per heavy atom. The van der Waals surface area contributed by atoms with E-state index < -0.39 is 32.5 Å². The van der Waals surface area contributed by atoms with E-state index in [0.717, 1.165) is 15.4 Å². The zero-order valence-corrected chi connectivity index (χ0v) is 27.0. The molecule has 0 atom stereocenters. The van der Waals surface area contributed by atoms with Crippen LogP contribution in [0.3, 0.4) is 0 Å². The molecule has 0 spiro atoms. The number of methoxy groups -OCH3 is 2. The van der Waals surface area contributed by atoms with Gasteiger partial charge in [0.25, 0.3) is 20.0 Å². The second kappa shape index (κ2) is 13.1. The lowest BCUT2D eigenvalue weighted by Crippen LogP contribution is -2.38. The molecule has 4 rings (SSSR count). The number of carbonyl (C=O) groups excluding carboxylic acids is 1. The quantitative estimate of drug-likeness (QED) is 0.206. The topological polar surface area (TPSA) is 131 Å². The number of hydrogen-bond donors (Lipinski definition) is 2. The maximum absolute atomic E-state index is 13.7. The number of benzene rings is 4. The minimum Gasteiger partial charge on any atom is -0.496 e. The summed E-state index contributed by atoms with van der Waals surface area (Å²) in [5, 5.41) is 2.65. The molecule has 4 aromatic carbocycles. The molecule has 0 aromatic heterocycles. The van der Waals surface area contributed by atoms with E-state index in [9.17, 15) is 21.6 Å². The number of aryl methyl sites for hydroxylation is 2. The molecule has 2 N–H and O–H groups in total. The second-order valence-electron chi connectivity index (χ2n) is 9.53. The summed E-state index contributed by atoms with van der Waals surface area (Å²) in [6.07, 6.45) is 0. The molecule has 0 aliphatic heterocycles. The first-order valence-electron chi connectivity index (χ1n) is 12.8. The van der Waals surface area contributed by atoms with Gasteiger partial charge in [0.1, 0.15) is 18.0 Å². The molecule has 0 heterocycles. The summed E-state index contributed by atoms with van der Waals surface area (Å²) in [6, 6.07) is 21.7. The minimum atomic E-state index is -4.18. The van der Waals surface area contributed by atoms with Gasteiger partial charge in [-0.15, -0.1) is 0 Å². The summed E-state index contributed by atoms with van der Waals surface area (Å²) in [6.45, 7) is 3.16. The molecule has 0 fully saturated rings. The van der Waals surface area contributed by atoms with Gasteiger partial charge in [0.05, 0.1) is 39.9 Å². The third-order valence-electron chi connectivity index (χ3n) is 6.37. The lowest BCUT2D eigenvalue weighted by Gasteiger charge is -2.24. The number of sulfonamides is 2. The van der Waals surface area contributed by atoms with Crippen LogP contribution in [0.25, 0.3) is 0 Å². The average Bonchev–Trinajstić information content (AvgIpc) is 2.96. The van der Waals surface area contributed by atoms with E-state index in [1.165, 1.54) is 56.7 Å². The van der Waals surface area contributed by atoms with Gasteiger partial charge in [-0.3, -0.25) is 13.8 Å². The van der Waals surface area contributed by atoms with Crippen LogP contribution in [0.2, 0.25) is 0 Å². The van der Waals surface area contributed by atoms with Crippen molar-refractivity contribution in [3.8, 4) is 11.5 Å². The highest BCUT2D eigenvalue weighted by Crippen LogP contribution is 2.31. The number of nitrogens with one attached hydrogen (secondary N) is 2. The zero-order valence-electron chi connectivity index (χ0n) is 23.8. The molecule has 1 amide bonds. The van der Waals surface area contributed by atoms with Crippen LogP contribution in [0.4, 0.5) is 17.1 Å². The second-order valence-corrected chi connectivity index (χ2v) is 13.9. The zero-order chi connectivity index (χ0) is 31.4. The summed E-state index contributed by atoms with van der Waals surface area (Å²) in [5.41, 5.74) is 2.64. The number of halogens is 1. The van der Waals surface area contributed by atoms with Gasteiger partial charge in [0.2, 0.25) is 5.91 Å². The van der Waals surface area contributed by atoms with Gasteiger partial charge in [-0.1, -0.05) is 23.8 Å². The van der Waals surface area contributed by atoms with Crippen molar-refractivity contribution in [3.63, 3.8) is 0 Å². The molecule has 13 heteroatoms. The molecule has 0 radical (unpaired) electrons. The van der Waals surface area contributed by atoms with Crippen molar-refractivity contribution in [2.24, 2.45) is 0 Å². The Balaban J connectivity index is 1.55. The molecule has 226 valence electrons. The van der Waals surface area contributed by atoms with Crippen molar-refractivity contribution >= 4 is 58.9 Å². The smallest absolute Gasteiger partial charge is 0.264 e. The van der Waals surface area contributed by atoms with Gasteiger partial charge < -0.3 is 14.8 Å². The third kappa shape index (κ3) is 7.48. The van der Waals surface area contributed by atoms with Crippen LogP contribution < -0.4 is 23.8 Å². The van der Waals surface area contributed by atoms with Crippen molar-refractivity contribution in [2.75, 3.05) is 35.1 Å². The van der Waals surface area contributed by atoms with Crippen LogP contribution >= 0.6 is 15.9 Å². The van der Waals surface area contributed by atoms with E-state index in [-0.39, 0.29) is 15.5 Å². The monoisotopic (exact) mass is 687 g/mol. The Hall–Kier alpha value is -4.07. The number of anilines is 3. The molecule has 0 aliphatic carbocycles. The maximum atomic E-state index is 13.7. The number of carbonyl (C=O) groups is 1. The van der Waals surface area contributed by atoms with E-state index in [0.29, 0.717) is 27.3 Å². The maximum Gasteiger partial charge on any atom is 0.264 e. The first-order chi connectivity index (χ1) is 20.3. The van der Waals surface area contributed by atoms with E-state index in [1.807, 2.05) is 13.8 Å². The first-order valence-corrected chi connectivity index (χ1v) is 16.6. The van der Waals surface area contributed by atoms with Gasteiger partial charge >= 0.3 is 0 Å². The molecular formula is C30H30BrN3O7S2. The van der Waals surface area contributed by atoms with E-state index >= 15 is 0 Å². The van der Waals surface area contributed by atoms with Gasteiger partial charge in [0, 0.05) is 5.69 Å². The lowest BCUT2D eigenvalue weighted by atomic mass is 10.2. The van der Waals surface area contributed by atoms with Gasteiger partial charge in [-0.05, 0) is 102 Å². The number of rotatable bonds is 11. The molecule has 0 aliphatic rings. The predicted octanol–water partition coefficient (Wildman–Crippen LogP) is 5.72. The van der Waals surface area contributed by atoms with Gasteiger partial charge in [0.15, 0.2) is 0 Å². The Morgan fingerprint density at radius 1 is 0.767 bits per heavy atom. The van der Waals surface area contributed by atoms with Crippen LogP contribution in [-0.2, 0) is 24.8 Å². The van der Waals surface area contributed by atoms with Crippen molar-refractivity contribution in [2.45, 2.75) is 23.6 Å². The Kier molecular flexibility index (Phi) is 9.68. The highest BCUT2D eigenvalue weighted by atomic mass is 79.9. The van der Waals surface area contributed by atoms with Crippen LogP contribution in [0.1, 0.15) is 11.1 Å². The van der Waals surface area contributed by atoms with Crippen molar-refractivity contribution in [3.05, 3.63) is 101 Å². The molecule has 10 nitrogen and oxygen atoms in total. The Bertz CT molecular complexity index is 1850. The van der Waals surface area contributed by atoms with E-state index in [1.54, 1.807) is 42.5 Å². The van der Waals surface area contributed by atoms with Crippen LogP contribution in [0.15, 0.2) is 99.2 Å². The minimum absolute atomic E-state index is 0.0389.